The first-order valence-corrected chi connectivity index (χ1v) is 6.76. The van der Waals surface area contributed by atoms with Gasteiger partial charge in [0.2, 0.25) is 0 Å². The highest BCUT2D eigenvalue weighted by Crippen LogP contribution is 2.40. The molecular formula is C15H26N2. The smallest absolute Gasteiger partial charge is 0.0606 e. The predicted octanol–water partition coefficient (Wildman–Crippen LogP) is 1.97. The molecule has 2 aliphatic rings. The highest BCUT2D eigenvalue weighted by atomic mass is 15.2. The van der Waals surface area contributed by atoms with Gasteiger partial charge in [0.15, 0.2) is 0 Å². The second-order valence-corrected chi connectivity index (χ2v) is 7.11. The number of hydrogen-bond donors (Lipinski definition) is 1. The van der Waals surface area contributed by atoms with Gasteiger partial charge in [-0.3, -0.25) is 4.90 Å². The van der Waals surface area contributed by atoms with Crippen molar-refractivity contribution < 1.29 is 0 Å². The van der Waals surface area contributed by atoms with Crippen LogP contribution >= 0.6 is 0 Å². The average Bonchev–Trinajstić information content (AvgIpc) is 2.69. The lowest BCUT2D eigenvalue weighted by molar-refractivity contribution is 0.158. The standard InChI is InChI=1S/C15H26N2/c1-14(2,3)7-6-8-17-11-12-9-16-10-13(12)15(17,4)5/h12-13,16H,8-11H2,1-5H3. The Labute approximate surface area is 106 Å². The molecule has 0 spiro atoms. The second kappa shape index (κ2) is 4.30. The normalized spacial score (nSPS) is 32.1. The van der Waals surface area contributed by atoms with E-state index in [1.165, 1.54) is 19.6 Å². The van der Waals surface area contributed by atoms with E-state index in [9.17, 15) is 0 Å². The molecule has 0 amide bonds. The summed E-state index contributed by atoms with van der Waals surface area (Å²) in [5.41, 5.74) is 0.433. The quantitative estimate of drug-likeness (QED) is 0.698. The van der Waals surface area contributed by atoms with Crippen LogP contribution in [-0.4, -0.2) is 36.6 Å². The Balaban J connectivity index is 2.01. The largest absolute Gasteiger partial charge is 0.316 e. The Bertz CT molecular complexity index is 340. The van der Waals surface area contributed by atoms with Crippen LogP contribution in [0.2, 0.25) is 0 Å². The first-order valence-electron chi connectivity index (χ1n) is 6.76. The SMILES string of the molecule is CC(C)(C)C#CCN1CC2CNCC2C1(C)C. The van der Waals surface area contributed by atoms with Gasteiger partial charge >= 0.3 is 0 Å². The lowest BCUT2D eigenvalue weighted by atomic mass is 9.85. The summed E-state index contributed by atoms with van der Waals surface area (Å²) in [6.07, 6.45) is 0. The van der Waals surface area contributed by atoms with Crippen molar-refractivity contribution in [3.8, 4) is 11.8 Å². The maximum atomic E-state index is 3.52. The molecule has 2 rings (SSSR count). The van der Waals surface area contributed by atoms with Crippen LogP contribution < -0.4 is 5.32 Å². The van der Waals surface area contributed by atoms with Gasteiger partial charge < -0.3 is 5.32 Å². The van der Waals surface area contributed by atoms with Gasteiger partial charge in [0.25, 0.3) is 0 Å². The molecule has 0 aromatic heterocycles. The molecule has 0 aromatic rings. The lowest BCUT2D eigenvalue weighted by Gasteiger charge is -2.34. The molecule has 0 aliphatic carbocycles. The molecule has 2 fully saturated rings. The first-order chi connectivity index (χ1) is 7.81. The number of rotatable bonds is 1. The highest BCUT2D eigenvalue weighted by molar-refractivity contribution is 5.12. The minimum Gasteiger partial charge on any atom is -0.316 e. The van der Waals surface area contributed by atoms with Gasteiger partial charge in [-0.05, 0) is 53.0 Å². The van der Waals surface area contributed by atoms with Crippen LogP contribution in [0.15, 0.2) is 0 Å². The van der Waals surface area contributed by atoms with Crippen LogP contribution in [0.4, 0.5) is 0 Å². The van der Waals surface area contributed by atoms with Crippen LogP contribution in [0.5, 0.6) is 0 Å². The van der Waals surface area contributed by atoms with Crippen LogP contribution in [0.1, 0.15) is 34.6 Å². The molecule has 0 aromatic carbocycles. The zero-order valence-corrected chi connectivity index (χ0v) is 11.9. The summed E-state index contributed by atoms with van der Waals surface area (Å²) < 4.78 is 0. The van der Waals surface area contributed by atoms with Gasteiger partial charge in [-0.1, -0.05) is 11.8 Å². The average molecular weight is 234 g/mol. The third-order valence-corrected chi connectivity index (χ3v) is 4.25. The lowest BCUT2D eigenvalue weighted by Crippen LogP contribution is -2.44. The van der Waals surface area contributed by atoms with E-state index >= 15 is 0 Å². The van der Waals surface area contributed by atoms with Crippen molar-refractivity contribution in [1.82, 2.24) is 10.2 Å². The topological polar surface area (TPSA) is 15.3 Å². The van der Waals surface area contributed by atoms with Crippen molar-refractivity contribution in [3.63, 3.8) is 0 Å². The Morgan fingerprint density at radius 1 is 1.29 bits per heavy atom. The number of likely N-dealkylation sites (tertiary alicyclic amines) is 1. The number of hydrogen-bond acceptors (Lipinski definition) is 2. The van der Waals surface area contributed by atoms with Gasteiger partial charge in [-0.2, -0.15) is 0 Å². The molecule has 2 heterocycles. The van der Waals surface area contributed by atoms with Crippen molar-refractivity contribution in [1.29, 1.82) is 0 Å². The fraction of sp³-hybridized carbons (Fsp3) is 0.867. The third kappa shape index (κ3) is 2.67. The first kappa shape index (κ1) is 12.9. The third-order valence-electron chi connectivity index (χ3n) is 4.25. The Hall–Kier alpha value is -0.520. The summed E-state index contributed by atoms with van der Waals surface area (Å²) in [5, 5.41) is 3.52. The van der Waals surface area contributed by atoms with Crippen molar-refractivity contribution in [3.05, 3.63) is 0 Å². The number of nitrogens with zero attached hydrogens (tertiary/aromatic N) is 1. The molecule has 96 valence electrons. The molecule has 1 N–H and O–H groups in total. The minimum absolute atomic E-state index is 0.126. The molecule has 2 aliphatic heterocycles. The van der Waals surface area contributed by atoms with Gasteiger partial charge in [0.05, 0.1) is 6.54 Å². The van der Waals surface area contributed by atoms with Crippen LogP contribution in [-0.2, 0) is 0 Å². The number of nitrogens with one attached hydrogen (secondary N) is 1. The Morgan fingerprint density at radius 3 is 2.59 bits per heavy atom. The molecule has 0 radical (unpaired) electrons. The summed E-state index contributed by atoms with van der Waals surface area (Å²) in [6.45, 7) is 15.8. The minimum atomic E-state index is 0.126. The molecule has 2 heteroatoms. The zero-order chi connectivity index (χ0) is 12.7. The van der Waals surface area contributed by atoms with E-state index in [1.54, 1.807) is 0 Å². The maximum absolute atomic E-state index is 3.52. The molecular weight excluding hydrogens is 208 g/mol. The van der Waals surface area contributed by atoms with Crippen molar-refractivity contribution in [2.45, 2.75) is 40.2 Å². The molecule has 2 unspecified atom stereocenters. The van der Waals surface area contributed by atoms with Crippen molar-refractivity contribution >= 4 is 0 Å². The van der Waals surface area contributed by atoms with E-state index in [0.29, 0.717) is 5.54 Å². The molecule has 17 heavy (non-hydrogen) atoms. The van der Waals surface area contributed by atoms with E-state index in [4.69, 9.17) is 0 Å². The molecule has 2 atom stereocenters. The predicted molar refractivity (Wildman–Crippen MR) is 72.7 cm³/mol. The summed E-state index contributed by atoms with van der Waals surface area (Å²) in [7, 11) is 0. The monoisotopic (exact) mass is 234 g/mol. The van der Waals surface area contributed by atoms with Crippen molar-refractivity contribution in [2.24, 2.45) is 17.3 Å². The van der Waals surface area contributed by atoms with Crippen LogP contribution in [0, 0.1) is 29.1 Å². The molecule has 0 bridgehead atoms. The van der Waals surface area contributed by atoms with Gasteiger partial charge in [-0.15, -0.1) is 0 Å². The fourth-order valence-electron chi connectivity index (χ4n) is 3.17. The van der Waals surface area contributed by atoms with E-state index < -0.39 is 0 Å². The van der Waals surface area contributed by atoms with E-state index in [2.05, 4.69) is 56.7 Å². The Kier molecular flexibility index (Phi) is 3.27. The fourth-order valence-corrected chi connectivity index (χ4v) is 3.17. The summed E-state index contributed by atoms with van der Waals surface area (Å²) in [4.78, 5) is 2.57. The van der Waals surface area contributed by atoms with E-state index in [-0.39, 0.29) is 5.41 Å². The maximum Gasteiger partial charge on any atom is 0.0606 e. The zero-order valence-electron chi connectivity index (χ0n) is 11.9. The summed E-state index contributed by atoms with van der Waals surface area (Å²) in [6, 6.07) is 0. The molecule has 2 nitrogen and oxygen atoms in total. The molecule has 2 saturated heterocycles. The van der Waals surface area contributed by atoms with Gasteiger partial charge in [-0.25, -0.2) is 0 Å². The second-order valence-electron chi connectivity index (χ2n) is 7.11. The highest BCUT2D eigenvalue weighted by Gasteiger charge is 2.48. The van der Waals surface area contributed by atoms with E-state index in [1.807, 2.05) is 0 Å². The van der Waals surface area contributed by atoms with Gasteiger partial charge in [0, 0.05) is 24.0 Å². The van der Waals surface area contributed by atoms with Crippen molar-refractivity contribution in [2.75, 3.05) is 26.2 Å². The van der Waals surface area contributed by atoms with Crippen LogP contribution in [0.25, 0.3) is 0 Å². The van der Waals surface area contributed by atoms with Gasteiger partial charge in [0.1, 0.15) is 0 Å². The van der Waals surface area contributed by atoms with Crippen LogP contribution in [0.3, 0.4) is 0 Å². The van der Waals surface area contributed by atoms with E-state index in [0.717, 1.165) is 18.4 Å². The Morgan fingerprint density at radius 2 is 2.00 bits per heavy atom. The summed E-state index contributed by atoms with van der Waals surface area (Å²) >= 11 is 0. The molecule has 0 saturated carbocycles. The number of fused-ring (bicyclic) bond motifs is 1. The summed E-state index contributed by atoms with van der Waals surface area (Å²) in [5.74, 6) is 8.35.